The molecule has 0 aromatic carbocycles. The SMILES string of the molecule is Cl.NCC1CCN(C(=O)c2ccsc2)CC1. The number of hydrogen-bond donors (Lipinski definition) is 1. The highest BCUT2D eigenvalue weighted by atomic mass is 35.5. The molecule has 0 unspecified atom stereocenters. The van der Waals surface area contributed by atoms with Crippen LogP contribution in [0.2, 0.25) is 0 Å². The average molecular weight is 261 g/mol. The molecule has 3 nitrogen and oxygen atoms in total. The normalized spacial score (nSPS) is 16.9. The van der Waals surface area contributed by atoms with Crippen molar-refractivity contribution in [2.45, 2.75) is 12.8 Å². The molecule has 1 aromatic heterocycles. The Bertz CT molecular complexity index is 321. The molecule has 1 amide bonds. The minimum absolute atomic E-state index is 0. The fourth-order valence-corrected chi connectivity index (χ4v) is 2.57. The van der Waals surface area contributed by atoms with Crippen molar-refractivity contribution in [1.29, 1.82) is 0 Å². The van der Waals surface area contributed by atoms with Crippen LogP contribution in [-0.2, 0) is 0 Å². The van der Waals surface area contributed by atoms with Crippen molar-refractivity contribution in [3.8, 4) is 0 Å². The van der Waals surface area contributed by atoms with Gasteiger partial charge in [-0.1, -0.05) is 0 Å². The third-order valence-electron chi connectivity index (χ3n) is 3.00. The van der Waals surface area contributed by atoms with Crippen molar-refractivity contribution in [2.75, 3.05) is 19.6 Å². The molecule has 1 aromatic rings. The largest absolute Gasteiger partial charge is 0.339 e. The summed E-state index contributed by atoms with van der Waals surface area (Å²) in [4.78, 5) is 13.9. The molecule has 16 heavy (non-hydrogen) atoms. The number of piperidine rings is 1. The molecular weight excluding hydrogens is 244 g/mol. The summed E-state index contributed by atoms with van der Waals surface area (Å²) in [5.41, 5.74) is 6.44. The Morgan fingerprint density at radius 3 is 2.69 bits per heavy atom. The first kappa shape index (κ1) is 13.5. The fraction of sp³-hybridized carbons (Fsp3) is 0.545. The molecule has 1 saturated heterocycles. The van der Waals surface area contributed by atoms with Gasteiger partial charge in [0.05, 0.1) is 5.56 Å². The molecule has 2 N–H and O–H groups in total. The lowest BCUT2D eigenvalue weighted by Crippen LogP contribution is -2.39. The summed E-state index contributed by atoms with van der Waals surface area (Å²) < 4.78 is 0. The van der Waals surface area contributed by atoms with Gasteiger partial charge >= 0.3 is 0 Å². The smallest absolute Gasteiger partial charge is 0.254 e. The molecule has 0 spiro atoms. The quantitative estimate of drug-likeness (QED) is 0.884. The van der Waals surface area contributed by atoms with Gasteiger partial charge in [0.2, 0.25) is 0 Å². The van der Waals surface area contributed by atoms with Gasteiger partial charge in [-0.3, -0.25) is 4.79 Å². The van der Waals surface area contributed by atoms with Crippen LogP contribution in [-0.4, -0.2) is 30.4 Å². The van der Waals surface area contributed by atoms with E-state index in [1.165, 1.54) is 0 Å². The van der Waals surface area contributed by atoms with Gasteiger partial charge in [-0.15, -0.1) is 12.4 Å². The molecule has 0 bridgehead atoms. The number of nitrogens with zero attached hydrogens (tertiary/aromatic N) is 1. The maximum atomic E-state index is 12.0. The predicted octanol–water partition coefficient (Wildman–Crippen LogP) is 1.98. The van der Waals surface area contributed by atoms with E-state index in [4.69, 9.17) is 5.73 Å². The lowest BCUT2D eigenvalue weighted by atomic mass is 9.97. The Balaban J connectivity index is 0.00000128. The van der Waals surface area contributed by atoms with E-state index in [0.29, 0.717) is 5.92 Å². The third-order valence-corrected chi connectivity index (χ3v) is 3.69. The first-order valence-corrected chi connectivity index (χ1v) is 6.27. The van der Waals surface area contributed by atoms with Crippen LogP contribution in [0.3, 0.4) is 0 Å². The van der Waals surface area contributed by atoms with Crippen LogP contribution < -0.4 is 5.73 Å². The Morgan fingerprint density at radius 2 is 2.19 bits per heavy atom. The molecule has 0 saturated carbocycles. The topological polar surface area (TPSA) is 46.3 Å². The van der Waals surface area contributed by atoms with Gasteiger partial charge in [-0.25, -0.2) is 0 Å². The minimum atomic E-state index is 0. The molecule has 0 aliphatic carbocycles. The standard InChI is InChI=1S/C11H16N2OS.ClH/c12-7-9-1-4-13(5-2-9)11(14)10-3-6-15-8-10;/h3,6,8-9H,1-2,4-5,7,12H2;1H. The van der Waals surface area contributed by atoms with Crippen LogP contribution in [0.15, 0.2) is 16.8 Å². The molecule has 1 fully saturated rings. The highest BCUT2D eigenvalue weighted by Crippen LogP contribution is 2.18. The molecule has 0 radical (unpaired) electrons. The van der Waals surface area contributed by atoms with Gasteiger partial charge in [0, 0.05) is 18.5 Å². The second-order valence-electron chi connectivity index (χ2n) is 3.98. The summed E-state index contributed by atoms with van der Waals surface area (Å²) in [5.74, 6) is 0.781. The van der Waals surface area contributed by atoms with Gasteiger partial charge in [-0.2, -0.15) is 11.3 Å². The zero-order valence-corrected chi connectivity index (χ0v) is 10.7. The number of likely N-dealkylation sites (tertiary alicyclic amines) is 1. The molecule has 2 rings (SSSR count). The summed E-state index contributed by atoms with van der Waals surface area (Å²) >= 11 is 1.57. The number of thiophene rings is 1. The van der Waals surface area contributed by atoms with Crippen molar-refractivity contribution in [3.63, 3.8) is 0 Å². The predicted molar refractivity (Wildman–Crippen MR) is 69.2 cm³/mol. The molecule has 2 heterocycles. The number of carbonyl (C=O) groups excluding carboxylic acids is 1. The van der Waals surface area contributed by atoms with Crippen molar-refractivity contribution >= 4 is 29.7 Å². The van der Waals surface area contributed by atoms with Crippen molar-refractivity contribution in [2.24, 2.45) is 11.7 Å². The second kappa shape index (κ2) is 6.23. The van der Waals surface area contributed by atoms with E-state index >= 15 is 0 Å². The maximum absolute atomic E-state index is 12.0. The number of amides is 1. The first-order valence-electron chi connectivity index (χ1n) is 5.33. The van der Waals surface area contributed by atoms with E-state index in [-0.39, 0.29) is 18.3 Å². The van der Waals surface area contributed by atoms with Crippen LogP contribution in [0.1, 0.15) is 23.2 Å². The highest BCUT2D eigenvalue weighted by Gasteiger charge is 2.22. The summed E-state index contributed by atoms with van der Waals surface area (Å²) in [5, 5.41) is 3.86. The lowest BCUT2D eigenvalue weighted by Gasteiger charge is -2.31. The summed E-state index contributed by atoms with van der Waals surface area (Å²) in [6.07, 6.45) is 2.10. The zero-order chi connectivity index (χ0) is 10.7. The van der Waals surface area contributed by atoms with Crippen molar-refractivity contribution in [3.05, 3.63) is 22.4 Å². The average Bonchev–Trinajstić information content (AvgIpc) is 2.82. The molecule has 0 atom stereocenters. The Labute approximate surface area is 106 Å². The van der Waals surface area contributed by atoms with E-state index in [1.54, 1.807) is 11.3 Å². The second-order valence-corrected chi connectivity index (χ2v) is 4.76. The zero-order valence-electron chi connectivity index (χ0n) is 9.09. The van der Waals surface area contributed by atoms with Gasteiger partial charge in [0.1, 0.15) is 0 Å². The number of hydrogen-bond acceptors (Lipinski definition) is 3. The summed E-state index contributed by atoms with van der Waals surface area (Å²) in [6, 6.07) is 1.89. The third kappa shape index (κ3) is 2.97. The molecule has 5 heteroatoms. The Kier molecular flexibility index (Phi) is 5.25. The summed E-state index contributed by atoms with van der Waals surface area (Å²) in [7, 11) is 0. The number of carbonyl (C=O) groups is 1. The number of nitrogens with two attached hydrogens (primary N) is 1. The Morgan fingerprint density at radius 1 is 1.50 bits per heavy atom. The summed E-state index contributed by atoms with van der Waals surface area (Å²) in [6.45, 7) is 2.47. The van der Waals surface area contributed by atoms with Gasteiger partial charge < -0.3 is 10.6 Å². The minimum Gasteiger partial charge on any atom is -0.339 e. The monoisotopic (exact) mass is 260 g/mol. The molecule has 1 aliphatic heterocycles. The van der Waals surface area contributed by atoms with Gasteiger partial charge in [-0.05, 0) is 36.8 Å². The van der Waals surface area contributed by atoms with Crippen LogP contribution in [0.25, 0.3) is 0 Å². The van der Waals surface area contributed by atoms with Gasteiger partial charge in [0.15, 0.2) is 0 Å². The number of rotatable bonds is 2. The van der Waals surface area contributed by atoms with E-state index < -0.39 is 0 Å². The molecule has 90 valence electrons. The van der Waals surface area contributed by atoms with E-state index in [0.717, 1.165) is 38.0 Å². The van der Waals surface area contributed by atoms with E-state index in [9.17, 15) is 4.79 Å². The van der Waals surface area contributed by atoms with E-state index in [2.05, 4.69) is 0 Å². The van der Waals surface area contributed by atoms with Crippen molar-refractivity contribution in [1.82, 2.24) is 4.90 Å². The number of halogens is 1. The molecular formula is C11H17ClN2OS. The lowest BCUT2D eigenvalue weighted by molar-refractivity contribution is 0.0694. The Hall–Kier alpha value is -0.580. The van der Waals surface area contributed by atoms with Crippen LogP contribution in [0, 0.1) is 5.92 Å². The first-order chi connectivity index (χ1) is 7.31. The maximum Gasteiger partial charge on any atom is 0.254 e. The molecule has 1 aliphatic rings. The van der Waals surface area contributed by atoms with E-state index in [1.807, 2.05) is 21.7 Å². The fourth-order valence-electron chi connectivity index (χ4n) is 1.94. The van der Waals surface area contributed by atoms with Crippen LogP contribution in [0.4, 0.5) is 0 Å². The van der Waals surface area contributed by atoms with Gasteiger partial charge in [0.25, 0.3) is 5.91 Å². The van der Waals surface area contributed by atoms with Crippen LogP contribution in [0.5, 0.6) is 0 Å². The van der Waals surface area contributed by atoms with Crippen LogP contribution >= 0.6 is 23.7 Å². The highest BCUT2D eigenvalue weighted by molar-refractivity contribution is 7.08. The van der Waals surface area contributed by atoms with Crippen molar-refractivity contribution < 1.29 is 4.79 Å².